The molecule has 0 aliphatic rings. The van der Waals surface area contributed by atoms with Crippen molar-refractivity contribution >= 4 is 15.9 Å². The van der Waals surface area contributed by atoms with Crippen LogP contribution >= 0.6 is 15.9 Å². The molecule has 0 radical (unpaired) electrons. The highest BCUT2D eigenvalue weighted by atomic mass is 79.9. The summed E-state index contributed by atoms with van der Waals surface area (Å²) in [6.07, 6.45) is 1.34. The van der Waals surface area contributed by atoms with Crippen LogP contribution in [0.4, 0.5) is 0 Å². The maximum atomic E-state index is 5.60. The van der Waals surface area contributed by atoms with Crippen molar-refractivity contribution in [2.75, 3.05) is 0 Å². The van der Waals surface area contributed by atoms with Gasteiger partial charge in [-0.05, 0) is 37.6 Å². The van der Waals surface area contributed by atoms with Gasteiger partial charge in [-0.15, -0.1) is 0 Å². The number of benzene rings is 1. The van der Waals surface area contributed by atoms with Crippen molar-refractivity contribution in [1.29, 1.82) is 0 Å². The minimum absolute atomic E-state index is 0.297. The normalized spacial score (nSPS) is 12.6. The fourth-order valence-electron chi connectivity index (χ4n) is 0.829. The van der Waals surface area contributed by atoms with E-state index in [-0.39, 0.29) is 0 Å². The molecular formula is C10H13BrO. The van der Waals surface area contributed by atoms with Crippen molar-refractivity contribution in [3.05, 3.63) is 28.7 Å². The Morgan fingerprint density at radius 1 is 1.33 bits per heavy atom. The Labute approximate surface area is 81.9 Å². The van der Waals surface area contributed by atoms with Gasteiger partial charge >= 0.3 is 0 Å². The van der Waals surface area contributed by atoms with Crippen LogP contribution in [-0.4, -0.2) is 6.10 Å². The zero-order valence-electron chi connectivity index (χ0n) is 7.38. The molecule has 1 aromatic rings. The van der Waals surface area contributed by atoms with Gasteiger partial charge < -0.3 is 4.74 Å². The van der Waals surface area contributed by atoms with Crippen molar-refractivity contribution < 1.29 is 4.74 Å². The molecule has 2 heteroatoms. The topological polar surface area (TPSA) is 9.23 Å². The molecule has 0 fully saturated rings. The van der Waals surface area contributed by atoms with Crippen molar-refractivity contribution in [2.45, 2.75) is 26.4 Å². The minimum Gasteiger partial charge on any atom is -0.491 e. The number of ether oxygens (including phenoxy) is 1. The summed E-state index contributed by atoms with van der Waals surface area (Å²) in [5.74, 6) is 0.938. The molecule has 0 aliphatic carbocycles. The number of rotatable bonds is 3. The second kappa shape index (κ2) is 4.51. The second-order valence-electron chi connectivity index (χ2n) is 2.79. The molecule has 0 bridgehead atoms. The summed E-state index contributed by atoms with van der Waals surface area (Å²) in [6.45, 7) is 4.19. The third kappa shape index (κ3) is 2.86. The van der Waals surface area contributed by atoms with Gasteiger partial charge in [-0.3, -0.25) is 0 Å². The molecule has 0 saturated heterocycles. The smallest absolute Gasteiger partial charge is 0.119 e. The quantitative estimate of drug-likeness (QED) is 0.768. The fourth-order valence-corrected chi connectivity index (χ4v) is 1.09. The van der Waals surface area contributed by atoms with Crippen LogP contribution in [0, 0.1) is 0 Å². The van der Waals surface area contributed by atoms with E-state index in [2.05, 4.69) is 29.8 Å². The van der Waals surface area contributed by atoms with Gasteiger partial charge in [0.2, 0.25) is 0 Å². The first kappa shape index (κ1) is 9.59. The van der Waals surface area contributed by atoms with E-state index in [1.165, 1.54) is 0 Å². The van der Waals surface area contributed by atoms with Crippen LogP contribution in [0.25, 0.3) is 0 Å². The molecule has 0 unspecified atom stereocenters. The van der Waals surface area contributed by atoms with Gasteiger partial charge in [-0.2, -0.15) is 0 Å². The van der Waals surface area contributed by atoms with Gasteiger partial charge in [-0.25, -0.2) is 0 Å². The highest BCUT2D eigenvalue weighted by Crippen LogP contribution is 2.17. The van der Waals surface area contributed by atoms with Gasteiger partial charge in [-0.1, -0.05) is 22.9 Å². The monoisotopic (exact) mass is 228 g/mol. The van der Waals surface area contributed by atoms with Crippen LogP contribution in [-0.2, 0) is 0 Å². The molecule has 1 atom stereocenters. The zero-order valence-corrected chi connectivity index (χ0v) is 8.97. The average molecular weight is 229 g/mol. The SMILES string of the molecule is CC[C@@H](C)Oc1ccc(Br)cc1. The first-order chi connectivity index (χ1) is 5.72. The number of halogens is 1. The third-order valence-corrected chi connectivity index (χ3v) is 2.25. The number of hydrogen-bond donors (Lipinski definition) is 0. The van der Waals surface area contributed by atoms with E-state index in [1.54, 1.807) is 0 Å². The molecule has 0 saturated carbocycles. The third-order valence-electron chi connectivity index (χ3n) is 1.73. The zero-order chi connectivity index (χ0) is 8.97. The molecule has 1 aromatic carbocycles. The van der Waals surface area contributed by atoms with E-state index in [0.29, 0.717) is 6.10 Å². The van der Waals surface area contributed by atoms with E-state index in [9.17, 15) is 0 Å². The summed E-state index contributed by atoms with van der Waals surface area (Å²) < 4.78 is 6.68. The first-order valence-corrected chi connectivity index (χ1v) is 4.94. The summed E-state index contributed by atoms with van der Waals surface area (Å²) in [6, 6.07) is 7.90. The Morgan fingerprint density at radius 2 is 1.92 bits per heavy atom. The lowest BCUT2D eigenvalue weighted by atomic mass is 10.3. The summed E-state index contributed by atoms with van der Waals surface area (Å²) in [4.78, 5) is 0. The maximum Gasteiger partial charge on any atom is 0.119 e. The largest absolute Gasteiger partial charge is 0.491 e. The van der Waals surface area contributed by atoms with E-state index < -0.39 is 0 Å². The van der Waals surface area contributed by atoms with Crippen LogP contribution < -0.4 is 4.74 Å². The van der Waals surface area contributed by atoms with Gasteiger partial charge in [0.1, 0.15) is 5.75 Å². The molecule has 0 amide bonds. The van der Waals surface area contributed by atoms with Crippen molar-refractivity contribution in [1.82, 2.24) is 0 Å². The molecule has 0 aliphatic heterocycles. The summed E-state index contributed by atoms with van der Waals surface area (Å²) in [5, 5.41) is 0. The van der Waals surface area contributed by atoms with Crippen molar-refractivity contribution in [3.63, 3.8) is 0 Å². The fraction of sp³-hybridized carbons (Fsp3) is 0.400. The van der Waals surface area contributed by atoms with Crippen LogP contribution in [0.15, 0.2) is 28.7 Å². The highest BCUT2D eigenvalue weighted by molar-refractivity contribution is 9.10. The lowest BCUT2D eigenvalue weighted by Gasteiger charge is -2.11. The standard InChI is InChI=1S/C10H13BrO/c1-3-8(2)12-10-6-4-9(11)5-7-10/h4-8H,3H2,1-2H3/t8-/m1/s1. The highest BCUT2D eigenvalue weighted by Gasteiger charge is 1.99. The molecule has 66 valence electrons. The first-order valence-electron chi connectivity index (χ1n) is 4.14. The van der Waals surface area contributed by atoms with E-state index in [4.69, 9.17) is 4.74 Å². The molecule has 1 rings (SSSR count). The van der Waals surface area contributed by atoms with E-state index in [1.807, 2.05) is 24.3 Å². The predicted octanol–water partition coefficient (Wildman–Crippen LogP) is 3.63. The molecule has 0 heterocycles. The lowest BCUT2D eigenvalue weighted by Crippen LogP contribution is -2.09. The Balaban J connectivity index is 2.58. The van der Waals surface area contributed by atoms with Crippen molar-refractivity contribution in [2.24, 2.45) is 0 Å². The molecule has 12 heavy (non-hydrogen) atoms. The van der Waals surface area contributed by atoms with Gasteiger partial charge in [0.15, 0.2) is 0 Å². The lowest BCUT2D eigenvalue weighted by molar-refractivity contribution is 0.217. The molecule has 0 spiro atoms. The van der Waals surface area contributed by atoms with E-state index >= 15 is 0 Å². The predicted molar refractivity (Wildman–Crippen MR) is 54.5 cm³/mol. The molecular weight excluding hydrogens is 216 g/mol. The minimum atomic E-state index is 0.297. The van der Waals surface area contributed by atoms with Crippen LogP contribution in [0.3, 0.4) is 0 Å². The Bertz CT molecular complexity index is 230. The summed E-state index contributed by atoms with van der Waals surface area (Å²) in [5.41, 5.74) is 0. The van der Waals surface area contributed by atoms with E-state index in [0.717, 1.165) is 16.6 Å². The molecule has 1 nitrogen and oxygen atoms in total. The average Bonchev–Trinajstić information content (AvgIpc) is 2.09. The van der Waals surface area contributed by atoms with Gasteiger partial charge in [0, 0.05) is 4.47 Å². The second-order valence-corrected chi connectivity index (χ2v) is 3.71. The molecule has 0 N–H and O–H groups in total. The van der Waals surface area contributed by atoms with Gasteiger partial charge in [0.05, 0.1) is 6.10 Å². The number of hydrogen-bond acceptors (Lipinski definition) is 1. The van der Waals surface area contributed by atoms with Gasteiger partial charge in [0.25, 0.3) is 0 Å². The molecule has 0 aromatic heterocycles. The van der Waals surface area contributed by atoms with Crippen LogP contribution in [0.2, 0.25) is 0 Å². The maximum absolute atomic E-state index is 5.60. The van der Waals surface area contributed by atoms with Crippen LogP contribution in [0.5, 0.6) is 5.75 Å². The summed E-state index contributed by atoms with van der Waals surface area (Å²) >= 11 is 3.37. The Morgan fingerprint density at radius 3 is 2.42 bits per heavy atom. The van der Waals surface area contributed by atoms with Crippen LogP contribution in [0.1, 0.15) is 20.3 Å². The Kier molecular flexibility index (Phi) is 3.60. The summed E-state index contributed by atoms with van der Waals surface area (Å²) in [7, 11) is 0. The van der Waals surface area contributed by atoms with Crippen molar-refractivity contribution in [3.8, 4) is 5.75 Å². The Hall–Kier alpha value is -0.500.